The van der Waals surface area contributed by atoms with Crippen LogP contribution in [0.5, 0.6) is 5.88 Å². The zero-order valence-electron chi connectivity index (χ0n) is 12.0. The fourth-order valence-corrected chi connectivity index (χ4v) is 3.03. The molecule has 20 heavy (non-hydrogen) atoms. The van der Waals surface area contributed by atoms with Gasteiger partial charge in [0.25, 0.3) is 0 Å². The molecule has 1 aliphatic carbocycles. The van der Waals surface area contributed by atoms with Crippen molar-refractivity contribution in [2.45, 2.75) is 51.5 Å². The minimum Gasteiger partial charge on any atom is -0.494 e. The quantitative estimate of drug-likeness (QED) is 0.619. The molecule has 3 rings (SSSR count). The Morgan fingerprint density at radius 2 is 1.95 bits per heavy atom. The molecule has 1 fully saturated rings. The molecule has 0 aliphatic heterocycles. The number of hydrogen-bond donors (Lipinski definition) is 2. The van der Waals surface area contributed by atoms with Crippen LogP contribution in [0.1, 0.15) is 49.7 Å². The van der Waals surface area contributed by atoms with Crippen LogP contribution in [-0.4, -0.2) is 22.3 Å². The van der Waals surface area contributed by atoms with Crippen molar-refractivity contribution in [3.05, 3.63) is 29.3 Å². The fraction of sp³-hybridized carbons (Fsp3) is 0.471. The maximum absolute atomic E-state index is 10.1. The molecule has 1 heterocycles. The summed E-state index contributed by atoms with van der Waals surface area (Å²) in [6, 6.07) is 6.57. The lowest BCUT2D eigenvalue weighted by molar-refractivity contribution is 0.457. The van der Waals surface area contributed by atoms with Gasteiger partial charge in [-0.15, -0.1) is 0 Å². The Labute approximate surface area is 119 Å². The third kappa shape index (κ3) is 2.72. The van der Waals surface area contributed by atoms with Gasteiger partial charge < -0.3 is 10.1 Å². The summed E-state index contributed by atoms with van der Waals surface area (Å²) in [4.78, 5) is 7.74. The molecule has 1 aromatic heterocycles. The Morgan fingerprint density at radius 3 is 2.70 bits per heavy atom. The second kappa shape index (κ2) is 5.70. The standard InChI is InChI=1S/C17H22N2O/c1-12-8-9-16-14(10-12)15(17(20)19-16)11-18-13-6-4-2-3-5-7-13/h8-11,13,19-20H,2-7H2,1H3. The van der Waals surface area contributed by atoms with Gasteiger partial charge in [0.05, 0.1) is 5.56 Å². The van der Waals surface area contributed by atoms with E-state index in [0.717, 1.165) is 16.5 Å². The molecule has 0 amide bonds. The van der Waals surface area contributed by atoms with Crippen LogP contribution in [0.3, 0.4) is 0 Å². The zero-order chi connectivity index (χ0) is 13.9. The van der Waals surface area contributed by atoms with E-state index in [1.165, 1.54) is 44.1 Å². The predicted molar refractivity (Wildman–Crippen MR) is 83.8 cm³/mol. The first-order chi connectivity index (χ1) is 9.74. The number of nitrogens with one attached hydrogen (secondary N) is 1. The first-order valence-corrected chi connectivity index (χ1v) is 7.58. The first-order valence-electron chi connectivity index (χ1n) is 7.58. The Hall–Kier alpha value is -1.77. The maximum Gasteiger partial charge on any atom is 0.198 e. The van der Waals surface area contributed by atoms with Gasteiger partial charge in [-0.3, -0.25) is 4.99 Å². The zero-order valence-corrected chi connectivity index (χ0v) is 12.0. The van der Waals surface area contributed by atoms with Crippen LogP contribution in [0.25, 0.3) is 10.9 Å². The number of fused-ring (bicyclic) bond motifs is 1. The minimum atomic E-state index is 0.225. The lowest BCUT2D eigenvalue weighted by Crippen LogP contribution is -2.02. The van der Waals surface area contributed by atoms with Crippen LogP contribution in [0.15, 0.2) is 23.2 Å². The molecule has 2 aromatic rings. The summed E-state index contributed by atoms with van der Waals surface area (Å²) in [5.74, 6) is 0.225. The highest BCUT2D eigenvalue weighted by Crippen LogP contribution is 2.27. The fourth-order valence-electron chi connectivity index (χ4n) is 3.03. The molecule has 3 heteroatoms. The average molecular weight is 270 g/mol. The number of aryl methyl sites for hydroxylation is 1. The summed E-state index contributed by atoms with van der Waals surface area (Å²) in [7, 11) is 0. The monoisotopic (exact) mass is 270 g/mol. The molecule has 2 N–H and O–H groups in total. The molecule has 3 nitrogen and oxygen atoms in total. The van der Waals surface area contributed by atoms with E-state index < -0.39 is 0 Å². The summed E-state index contributed by atoms with van der Waals surface area (Å²) >= 11 is 0. The van der Waals surface area contributed by atoms with Gasteiger partial charge in [-0.05, 0) is 31.9 Å². The molecule has 0 saturated heterocycles. The molecule has 0 radical (unpaired) electrons. The molecular formula is C17H22N2O. The summed E-state index contributed by atoms with van der Waals surface area (Å²) in [6.07, 6.45) is 9.45. The Kier molecular flexibility index (Phi) is 3.77. The van der Waals surface area contributed by atoms with E-state index in [2.05, 4.69) is 18.0 Å². The largest absolute Gasteiger partial charge is 0.494 e. The molecule has 0 unspecified atom stereocenters. The number of benzene rings is 1. The number of aromatic nitrogens is 1. The van der Waals surface area contributed by atoms with E-state index in [9.17, 15) is 5.11 Å². The van der Waals surface area contributed by atoms with Crippen LogP contribution in [0.2, 0.25) is 0 Å². The van der Waals surface area contributed by atoms with E-state index in [0.29, 0.717) is 6.04 Å². The lowest BCUT2D eigenvalue weighted by atomic mass is 10.1. The summed E-state index contributed by atoms with van der Waals surface area (Å²) in [6.45, 7) is 2.07. The number of aromatic hydroxyl groups is 1. The number of rotatable bonds is 2. The molecule has 0 bridgehead atoms. The average Bonchev–Trinajstić information content (AvgIpc) is 2.63. The molecular weight excluding hydrogens is 248 g/mol. The van der Waals surface area contributed by atoms with Crippen molar-refractivity contribution in [1.29, 1.82) is 0 Å². The molecule has 0 atom stereocenters. The van der Waals surface area contributed by atoms with Crippen molar-refractivity contribution in [1.82, 2.24) is 4.98 Å². The van der Waals surface area contributed by atoms with E-state index >= 15 is 0 Å². The van der Waals surface area contributed by atoms with Gasteiger partial charge in [0.15, 0.2) is 5.88 Å². The molecule has 106 valence electrons. The highest BCUT2D eigenvalue weighted by Gasteiger charge is 2.12. The predicted octanol–water partition coefficient (Wildman–Crippen LogP) is 4.32. The number of nitrogens with zero attached hydrogens (tertiary/aromatic N) is 1. The normalized spacial score (nSPS) is 17.9. The second-order valence-electron chi connectivity index (χ2n) is 5.86. The van der Waals surface area contributed by atoms with Gasteiger partial charge >= 0.3 is 0 Å². The van der Waals surface area contributed by atoms with E-state index in [1.54, 1.807) is 0 Å². The first kappa shape index (κ1) is 13.2. The van der Waals surface area contributed by atoms with Crippen molar-refractivity contribution in [2.75, 3.05) is 0 Å². The van der Waals surface area contributed by atoms with Crippen LogP contribution >= 0.6 is 0 Å². The lowest BCUT2D eigenvalue weighted by Gasteiger charge is -2.07. The van der Waals surface area contributed by atoms with E-state index in [1.807, 2.05) is 18.3 Å². The summed E-state index contributed by atoms with van der Waals surface area (Å²) in [5, 5.41) is 11.1. The summed E-state index contributed by atoms with van der Waals surface area (Å²) < 4.78 is 0. The van der Waals surface area contributed by atoms with E-state index in [-0.39, 0.29) is 5.88 Å². The minimum absolute atomic E-state index is 0.225. The maximum atomic E-state index is 10.1. The van der Waals surface area contributed by atoms with Gasteiger partial charge in [-0.2, -0.15) is 0 Å². The van der Waals surface area contributed by atoms with Crippen LogP contribution in [0, 0.1) is 6.92 Å². The highest BCUT2D eigenvalue weighted by atomic mass is 16.3. The smallest absolute Gasteiger partial charge is 0.198 e. The summed E-state index contributed by atoms with van der Waals surface area (Å²) in [5.41, 5.74) is 2.99. The number of aliphatic imine (C=N–C) groups is 1. The van der Waals surface area contributed by atoms with E-state index in [4.69, 9.17) is 4.99 Å². The number of hydrogen-bond acceptors (Lipinski definition) is 2. The molecule has 1 saturated carbocycles. The van der Waals surface area contributed by atoms with Gasteiger partial charge in [-0.25, -0.2) is 0 Å². The highest BCUT2D eigenvalue weighted by molar-refractivity contribution is 6.02. The Bertz CT molecular complexity index is 619. The third-order valence-corrected chi connectivity index (χ3v) is 4.21. The number of aromatic amines is 1. The number of H-pyrrole nitrogens is 1. The van der Waals surface area contributed by atoms with Gasteiger partial charge in [-0.1, -0.05) is 37.3 Å². The SMILES string of the molecule is Cc1ccc2[nH]c(O)c(C=NC3CCCCCC3)c2c1. The topological polar surface area (TPSA) is 48.4 Å². The molecule has 1 aliphatic rings. The van der Waals surface area contributed by atoms with Crippen molar-refractivity contribution in [3.8, 4) is 5.88 Å². The Morgan fingerprint density at radius 1 is 1.20 bits per heavy atom. The van der Waals surface area contributed by atoms with Crippen molar-refractivity contribution in [3.63, 3.8) is 0 Å². The van der Waals surface area contributed by atoms with Crippen molar-refractivity contribution >= 4 is 17.1 Å². The van der Waals surface area contributed by atoms with Gasteiger partial charge in [0.2, 0.25) is 0 Å². The van der Waals surface area contributed by atoms with Crippen LogP contribution in [0.4, 0.5) is 0 Å². The molecule has 0 spiro atoms. The molecule has 1 aromatic carbocycles. The van der Waals surface area contributed by atoms with Crippen LogP contribution in [-0.2, 0) is 0 Å². The van der Waals surface area contributed by atoms with Crippen molar-refractivity contribution < 1.29 is 5.11 Å². The van der Waals surface area contributed by atoms with Crippen molar-refractivity contribution in [2.24, 2.45) is 4.99 Å². The third-order valence-electron chi connectivity index (χ3n) is 4.21. The second-order valence-corrected chi connectivity index (χ2v) is 5.86. The van der Waals surface area contributed by atoms with Gasteiger partial charge in [0, 0.05) is 23.2 Å². The van der Waals surface area contributed by atoms with Gasteiger partial charge in [0.1, 0.15) is 0 Å². The van der Waals surface area contributed by atoms with Crippen LogP contribution < -0.4 is 0 Å². The Balaban J connectivity index is 1.89.